The molecule has 0 atom stereocenters. The number of amides is 1. The van der Waals surface area contributed by atoms with Gasteiger partial charge in [0.15, 0.2) is 0 Å². The Kier molecular flexibility index (Phi) is 5.61. The molecule has 3 aromatic carbocycles. The number of hydrogen-bond donors (Lipinski definition) is 0. The van der Waals surface area contributed by atoms with E-state index in [-0.39, 0.29) is 5.91 Å². The highest BCUT2D eigenvalue weighted by Gasteiger charge is 2.18. The number of carbonyl (C=O) groups is 1. The summed E-state index contributed by atoms with van der Waals surface area (Å²) in [5, 5.41) is 4.82. The molecule has 0 radical (unpaired) electrons. The first-order valence-corrected chi connectivity index (χ1v) is 9.74. The fourth-order valence-electron chi connectivity index (χ4n) is 3.38. The summed E-state index contributed by atoms with van der Waals surface area (Å²) in [4.78, 5) is 14.7. The summed E-state index contributed by atoms with van der Waals surface area (Å²) in [6.07, 6.45) is 1.99. The van der Waals surface area contributed by atoms with Gasteiger partial charge in [-0.05, 0) is 30.3 Å². The van der Waals surface area contributed by atoms with Crippen LogP contribution in [0.4, 0.5) is 0 Å². The van der Waals surface area contributed by atoms with Crippen LogP contribution in [0.25, 0.3) is 16.9 Å². The minimum Gasteiger partial charge on any atom is -0.497 e. The minimum absolute atomic E-state index is 0.0691. The Morgan fingerprint density at radius 2 is 1.67 bits per heavy atom. The Morgan fingerprint density at radius 1 is 0.967 bits per heavy atom. The van der Waals surface area contributed by atoms with Gasteiger partial charge in [-0.2, -0.15) is 5.10 Å². The smallest absolute Gasteiger partial charge is 0.254 e. The van der Waals surface area contributed by atoms with Crippen molar-refractivity contribution in [1.82, 2.24) is 14.7 Å². The number of methoxy groups -OCH3 is 1. The zero-order valence-electron chi connectivity index (χ0n) is 17.0. The van der Waals surface area contributed by atoms with E-state index >= 15 is 0 Å². The van der Waals surface area contributed by atoms with Gasteiger partial charge in [0, 0.05) is 36.5 Å². The molecule has 0 aliphatic rings. The number of para-hydroxylation sites is 1. The Labute approximate surface area is 176 Å². The molecule has 5 heteroatoms. The summed E-state index contributed by atoms with van der Waals surface area (Å²) in [7, 11) is 3.40. The van der Waals surface area contributed by atoms with Gasteiger partial charge in [-0.25, -0.2) is 4.68 Å². The Morgan fingerprint density at radius 3 is 2.37 bits per heavy atom. The lowest BCUT2D eigenvalue weighted by molar-refractivity contribution is 0.0785. The van der Waals surface area contributed by atoms with Crippen LogP contribution in [0.3, 0.4) is 0 Å². The monoisotopic (exact) mass is 397 g/mol. The number of benzene rings is 3. The molecule has 5 nitrogen and oxygen atoms in total. The second-order valence-corrected chi connectivity index (χ2v) is 7.04. The van der Waals surface area contributed by atoms with E-state index in [4.69, 9.17) is 9.84 Å². The average molecular weight is 397 g/mol. The molecule has 4 aromatic rings. The minimum atomic E-state index is -0.0691. The van der Waals surface area contributed by atoms with Crippen LogP contribution < -0.4 is 4.74 Å². The number of rotatable bonds is 6. The molecule has 0 spiro atoms. The van der Waals surface area contributed by atoms with E-state index < -0.39 is 0 Å². The zero-order valence-corrected chi connectivity index (χ0v) is 17.0. The highest BCUT2D eigenvalue weighted by atomic mass is 16.5. The number of ether oxygens (including phenoxy) is 1. The first-order valence-electron chi connectivity index (χ1n) is 9.74. The molecule has 0 bridgehead atoms. The SMILES string of the molecule is COc1cccc(C(=O)N(C)Cc2cn(-c3ccccc3)nc2-c2ccccc2)c1. The number of aromatic nitrogens is 2. The van der Waals surface area contributed by atoms with Gasteiger partial charge in [0.2, 0.25) is 0 Å². The molecule has 0 aliphatic heterocycles. The Hall–Kier alpha value is -3.86. The molecule has 0 saturated heterocycles. The summed E-state index contributed by atoms with van der Waals surface area (Å²) < 4.78 is 7.11. The lowest BCUT2D eigenvalue weighted by Gasteiger charge is -2.17. The third-order valence-electron chi connectivity index (χ3n) is 4.93. The molecular weight excluding hydrogens is 374 g/mol. The molecule has 0 unspecified atom stereocenters. The lowest BCUT2D eigenvalue weighted by Crippen LogP contribution is -2.26. The third-order valence-corrected chi connectivity index (χ3v) is 4.93. The maximum Gasteiger partial charge on any atom is 0.254 e. The second kappa shape index (κ2) is 8.66. The number of carbonyl (C=O) groups excluding carboxylic acids is 1. The van der Waals surface area contributed by atoms with Gasteiger partial charge in [-0.1, -0.05) is 54.6 Å². The fraction of sp³-hybridized carbons (Fsp3) is 0.120. The summed E-state index contributed by atoms with van der Waals surface area (Å²) in [6.45, 7) is 0.438. The normalized spacial score (nSPS) is 10.6. The molecule has 0 saturated carbocycles. The van der Waals surface area contributed by atoms with Crippen molar-refractivity contribution >= 4 is 5.91 Å². The van der Waals surface area contributed by atoms with Gasteiger partial charge in [0.25, 0.3) is 5.91 Å². The topological polar surface area (TPSA) is 47.4 Å². The van der Waals surface area contributed by atoms with Crippen LogP contribution in [0.1, 0.15) is 15.9 Å². The molecule has 1 aromatic heterocycles. The van der Waals surface area contributed by atoms with Crippen molar-refractivity contribution in [1.29, 1.82) is 0 Å². The molecule has 1 amide bonds. The van der Waals surface area contributed by atoms with Crippen LogP contribution in [0.5, 0.6) is 5.75 Å². The molecule has 0 fully saturated rings. The second-order valence-electron chi connectivity index (χ2n) is 7.04. The van der Waals surface area contributed by atoms with Gasteiger partial charge >= 0.3 is 0 Å². The van der Waals surface area contributed by atoms with Gasteiger partial charge < -0.3 is 9.64 Å². The molecule has 4 rings (SSSR count). The summed E-state index contributed by atoms with van der Waals surface area (Å²) >= 11 is 0. The number of nitrogens with zero attached hydrogens (tertiary/aromatic N) is 3. The predicted octanol–water partition coefficient (Wildman–Crippen LogP) is 4.82. The van der Waals surface area contributed by atoms with Gasteiger partial charge in [-0.3, -0.25) is 4.79 Å². The van der Waals surface area contributed by atoms with E-state index in [0.717, 1.165) is 22.5 Å². The van der Waals surface area contributed by atoms with Crippen LogP contribution >= 0.6 is 0 Å². The summed E-state index contributed by atoms with van der Waals surface area (Å²) in [6, 6.07) is 27.2. The maximum absolute atomic E-state index is 13.0. The molecular formula is C25H23N3O2. The largest absolute Gasteiger partial charge is 0.497 e. The van der Waals surface area contributed by atoms with Crippen LogP contribution in [-0.4, -0.2) is 34.7 Å². The summed E-state index contributed by atoms with van der Waals surface area (Å²) in [5.74, 6) is 0.594. The predicted molar refractivity (Wildman–Crippen MR) is 118 cm³/mol. The lowest BCUT2D eigenvalue weighted by atomic mass is 10.1. The fourth-order valence-corrected chi connectivity index (χ4v) is 3.38. The van der Waals surface area contributed by atoms with Crippen molar-refractivity contribution in [3.8, 4) is 22.7 Å². The highest BCUT2D eigenvalue weighted by Crippen LogP contribution is 2.25. The maximum atomic E-state index is 13.0. The van der Waals surface area contributed by atoms with Crippen molar-refractivity contribution in [3.05, 3.63) is 102 Å². The molecule has 0 N–H and O–H groups in total. The quantitative estimate of drug-likeness (QED) is 0.469. The van der Waals surface area contributed by atoms with Crippen LogP contribution in [0, 0.1) is 0 Å². The highest BCUT2D eigenvalue weighted by molar-refractivity contribution is 5.94. The van der Waals surface area contributed by atoms with Crippen LogP contribution in [0.15, 0.2) is 91.1 Å². The summed E-state index contributed by atoms with van der Waals surface area (Å²) in [5.41, 5.74) is 4.43. The van der Waals surface area contributed by atoms with Crippen molar-refractivity contribution < 1.29 is 9.53 Å². The molecule has 0 aliphatic carbocycles. The van der Waals surface area contributed by atoms with E-state index in [1.165, 1.54) is 0 Å². The van der Waals surface area contributed by atoms with Crippen molar-refractivity contribution in [2.24, 2.45) is 0 Å². The first-order chi connectivity index (χ1) is 14.7. The van der Waals surface area contributed by atoms with E-state index in [9.17, 15) is 4.79 Å². The van der Waals surface area contributed by atoms with E-state index in [0.29, 0.717) is 17.9 Å². The first kappa shape index (κ1) is 19.5. The van der Waals surface area contributed by atoms with Crippen molar-refractivity contribution in [2.45, 2.75) is 6.54 Å². The number of hydrogen-bond acceptors (Lipinski definition) is 3. The van der Waals surface area contributed by atoms with Crippen molar-refractivity contribution in [2.75, 3.05) is 14.2 Å². The molecule has 1 heterocycles. The van der Waals surface area contributed by atoms with Gasteiger partial charge in [-0.15, -0.1) is 0 Å². The van der Waals surface area contributed by atoms with Crippen LogP contribution in [0.2, 0.25) is 0 Å². The zero-order chi connectivity index (χ0) is 20.9. The molecule has 30 heavy (non-hydrogen) atoms. The molecule has 150 valence electrons. The Balaban J connectivity index is 1.67. The average Bonchev–Trinajstić information content (AvgIpc) is 3.23. The third kappa shape index (κ3) is 4.10. The van der Waals surface area contributed by atoms with Gasteiger partial charge in [0.1, 0.15) is 5.75 Å². The van der Waals surface area contributed by atoms with Crippen LogP contribution in [-0.2, 0) is 6.54 Å². The van der Waals surface area contributed by atoms with E-state index in [2.05, 4.69) is 0 Å². The standard InChI is InChI=1S/C25H23N3O2/c1-27(25(29)20-12-9-15-23(16-20)30-2)17-21-18-28(22-13-7-4-8-14-22)26-24(21)19-10-5-3-6-11-19/h3-16,18H,17H2,1-2H3. The van der Waals surface area contributed by atoms with Crippen molar-refractivity contribution in [3.63, 3.8) is 0 Å². The van der Waals surface area contributed by atoms with E-state index in [1.807, 2.05) is 83.7 Å². The van der Waals surface area contributed by atoms with E-state index in [1.54, 1.807) is 31.2 Å². The van der Waals surface area contributed by atoms with Gasteiger partial charge in [0.05, 0.1) is 18.5 Å². The Bertz CT molecular complexity index is 1140.